The van der Waals surface area contributed by atoms with Gasteiger partial charge in [-0.05, 0) is 28.9 Å². The molecule has 0 aromatic heterocycles. The summed E-state index contributed by atoms with van der Waals surface area (Å²) in [4.78, 5) is 0. The summed E-state index contributed by atoms with van der Waals surface area (Å²) in [6.45, 7) is 4.56. The van der Waals surface area contributed by atoms with E-state index in [9.17, 15) is 0 Å². The second-order valence-corrected chi connectivity index (χ2v) is 6.16. The Balaban J connectivity index is 2.67. The lowest BCUT2D eigenvalue weighted by molar-refractivity contribution is 0.517. The molecule has 0 aliphatic rings. The van der Waals surface area contributed by atoms with Crippen LogP contribution in [0.5, 0.6) is 0 Å². The summed E-state index contributed by atoms with van der Waals surface area (Å²) in [5, 5.41) is 4.26. The third kappa shape index (κ3) is 2.51. The number of benzene rings is 2. The lowest BCUT2D eigenvalue weighted by atomic mass is 9.80. The van der Waals surface area contributed by atoms with Gasteiger partial charge in [-0.1, -0.05) is 71.7 Å². The SMILES string of the molecule is CC(C)(CCBr)c1ccc(Cl)c2ccccc12. The van der Waals surface area contributed by atoms with Crippen molar-refractivity contribution in [2.45, 2.75) is 25.7 Å². The molecule has 0 saturated carbocycles. The molecule has 0 N–H and O–H groups in total. The molecule has 0 amide bonds. The van der Waals surface area contributed by atoms with Crippen molar-refractivity contribution in [1.29, 1.82) is 0 Å². The summed E-state index contributed by atoms with van der Waals surface area (Å²) in [6.07, 6.45) is 1.11. The van der Waals surface area contributed by atoms with Gasteiger partial charge in [0.05, 0.1) is 0 Å². The minimum absolute atomic E-state index is 0.160. The van der Waals surface area contributed by atoms with Gasteiger partial charge in [-0.15, -0.1) is 0 Å². The van der Waals surface area contributed by atoms with E-state index in [4.69, 9.17) is 11.6 Å². The summed E-state index contributed by atoms with van der Waals surface area (Å²) >= 11 is 9.78. The van der Waals surface area contributed by atoms with Gasteiger partial charge in [0.2, 0.25) is 0 Å². The van der Waals surface area contributed by atoms with Crippen LogP contribution in [0.1, 0.15) is 25.8 Å². The van der Waals surface area contributed by atoms with Gasteiger partial charge in [0.15, 0.2) is 0 Å². The first-order chi connectivity index (χ1) is 8.06. The van der Waals surface area contributed by atoms with Crippen molar-refractivity contribution in [3.8, 4) is 0 Å². The first-order valence-electron chi connectivity index (χ1n) is 5.80. The fraction of sp³-hybridized carbons (Fsp3) is 0.333. The maximum Gasteiger partial charge on any atom is 0.0484 e. The fourth-order valence-electron chi connectivity index (χ4n) is 2.22. The molecule has 2 aromatic rings. The molecule has 2 heteroatoms. The first-order valence-corrected chi connectivity index (χ1v) is 7.30. The highest BCUT2D eigenvalue weighted by Crippen LogP contribution is 2.36. The number of alkyl halides is 1. The molecule has 0 aliphatic heterocycles. The lowest BCUT2D eigenvalue weighted by Gasteiger charge is -2.26. The smallest absolute Gasteiger partial charge is 0.0484 e. The van der Waals surface area contributed by atoms with Crippen LogP contribution in [-0.2, 0) is 5.41 Å². The van der Waals surface area contributed by atoms with Crippen LogP contribution in [0.2, 0.25) is 5.02 Å². The molecule has 0 saturated heterocycles. The molecule has 0 heterocycles. The molecule has 0 atom stereocenters. The van der Waals surface area contributed by atoms with Crippen LogP contribution in [0.25, 0.3) is 10.8 Å². The first kappa shape index (κ1) is 12.9. The highest BCUT2D eigenvalue weighted by Gasteiger charge is 2.22. The van der Waals surface area contributed by atoms with Crippen molar-refractivity contribution in [1.82, 2.24) is 0 Å². The van der Waals surface area contributed by atoms with E-state index in [1.54, 1.807) is 0 Å². The van der Waals surface area contributed by atoms with Crippen LogP contribution in [0.15, 0.2) is 36.4 Å². The fourth-order valence-corrected chi connectivity index (χ4v) is 3.44. The largest absolute Gasteiger partial charge is 0.0928 e. The Morgan fingerprint density at radius 1 is 1.06 bits per heavy atom. The van der Waals surface area contributed by atoms with Gasteiger partial charge in [-0.3, -0.25) is 0 Å². The van der Waals surface area contributed by atoms with Crippen LogP contribution >= 0.6 is 27.5 Å². The van der Waals surface area contributed by atoms with Gasteiger partial charge in [0.1, 0.15) is 0 Å². The van der Waals surface area contributed by atoms with Crippen LogP contribution < -0.4 is 0 Å². The van der Waals surface area contributed by atoms with Crippen molar-refractivity contribution >= 4 is 38.3 Å². The number of rotatable bonds is 3. The molecule has 0 nitrogen and oxygen atoms in total. The molecule has 0 unspecified atom stereocenters. The van der Waals surface area contributed by atoms with E-state index >= 15 is 0 Å². The Kier molecular flexibility index (Phi) is 3.79. The Labute approximate surface area is 116 Å². The predicted molar refractivity (Wildman–Crippen MR) is 80.4 cm³/mol. The Morgan fingerprint density at radius 2 is 1.71 bits per heavy atom. The van der Waals surface area contributed by atoms with Crippen LogP contribution in [0.4, 0.5) is 0 Å². The minimum atomic E-state index is 0.160. The van der Waals surface area contributed by atoms with Crippen molar-refractivity contribution < 1.29 is 0 Å². The zero-order chi connectivity index (χ0) is 12.5. The topological polar surface area (TPSA) is 0 Å². The zero-order valence-electron chi connectivity index (χ0n) is 10.1. The van der Waals surface area contributed by atoms with E-state index in [1.165, 1.54) is 10.9 Å². The summed E-state index contributed by atoms with van der Waals surface area (Å²) in [6, 6.07) is 12.5. The Hall–Kier alpha value is -0.530. The van der Waals surface area contributed by atoms with E-state index in [-0.39, 0.29) is 5.41 Å². The maximum absolute atomic E-state index is 6.25. The van der Waals surface area contributed by atoms with Gasteiger partial charge in [-0.2, -0.15) is 0 Å². The van der Waals surface area contributed by atoms with E-state index in [0.29, 0.717) is 0 Å². The summed E-state index contributed by atoms with van der Waals surface area (Å²) < 4.78 is 0. The van der Waals surface area contributed by atoms with Gasteiger partial charge in [-0.25, -0.2) is 0 Å². The quantitative estimate of drug-likeness (QED) is 0.651. The van der Waals surface area contributed by atoms with Gasteiger partial charge in [0, 0.05) is 15.7 Å². The molecule has 0 radical (unpaired) electrons. The van der Waals surface area contributed by atoms with Gasteiger partial charge < -0.3 is 0 Å². The van der Waals surface area contributed by atoms with Gasteiger partial charge in [0.25, 0.3) is 0 Å². The number of hydrogen-bond donors (Lipinski definition) is 0. The highest BCUT2D eigenvalue weighted by molar-refractivity contribution is 9.09. The second kappa shape index (κ2) is 4.99. The second-order valence-electron chi connectivity index (χ2n) is 4.96. The molecular weight excluding hydrogens is 296 g/mol. The van der Waals surface area contributed by atoms with Crippen molar-refractivity contribution in [3.63, 3.8) is 0 Å². The zero-order valence-corrected chi connectivity index (χ0v) is 12.5. The van der Waals surface area contributed by atoms with Gasteiger partial charge >= 0.3 is 0 Å². The number of halogens is 2. The van der Waals surface area contributed by atoms with E-state index in [2.05, 4.69) is 54.0 Å². The summed E-state index contributed by atoms with van der Waals surface area (Å²) in [5.74, 6) is 0. The molecule has 0 spiro atoms. The van der Waals surface area contributed by atoms with Crippen molar-refractivity contribution in [2.75, 3.05) is 5.33 Å². The van der Waals surface area contributed by atoms with Crippen LogP contribution in [0, 0.1) is 0 Å². The van der Waals surface area contributed by atoms with E-state index in [1.807, 2.05) is 12.1 Å². The lowest BCUT2D eigenvalue weighted by Crippen LogP contribution is -2.18. The molecule has 17 heavy (non-hydrogen) atoms. The molecule has 90 valence electrons. The van der Waals surface area contributed by atoms with Crippen LogP contribution in [0.3, 0.4) is 0 Å². The van der Waals surface area contributed by atoms with E-state index < -0.39 is 0 Å². The summed E-state index contributed by atoms with van der Waals surface area (Å²) in [7, 11) is 0. The maximum atomic E-state index is 6.25. The third-order valence-electron chi connectivity index (χ3n) is 3.32. The average Bonchev–Trinajstić information content (AvgIpc) is 2.29. The molecule has 0 fully saturated rings. The highest BCUT2D eigenvalue weighted by atomic mass is 79.9. The van der Waals surface area contributed by atoms with Crippen molar-refractivity contribution in [2.24, 2.45) is 0 Å². The molecule has 0 aliphatic carbocycles. The normalized spacial score (nSPS) is 12.0. The van der Waals surface area contributed by atoms with E-state index in [0.717, 1.165) is 22.2 Å². The molecule has 2 aromatic carbocycles. The average molecular weight is 312 g/mol. The van der Waals surface area contributed by atoms with Crippen molar-refractivity contribution in [3.05, 3.63) is 47.0 Å². The van der Waals surface area contributed by atoms with Crippen LogP contribution in [-0.4, -0.2) is 5.33 Å². The molecule has 0 bridgehead atoms. The minimum Gasteiger partial charge on any atom is -0.0928 e. The molecule has 2 rings (SSSR count). The monoisotopic (exact) mass is 310 g/mol. The number of fused-ring (bicyclic) bond motifs is 1. The third-order valence-corrected chi connectivity index (χ3v) is 4.05. The standard InChI is InChI=1S/C15H16BrCl/c1-15(2,9-10-16)13-7-8-14(17)12-6-4-3-5-11(12)13/h3-8H,9-10H2,1-2H3. The Bertz CT molecular complexity index is 531. The molecular formula is C15H16BrCl. The Morgan fingerprint density at radius 3 is 2.35 bits per heavy atom. The number of hydrogen-bond acceptors (Lipinski definition) is 0. The predicted octanol–water partition coefficient (Wildman–Crippen LogP) is 5.56. The summed E-state index contributed by atoms with van der Waals surface area (Å²) in [5.41, 5.74) is 1.53.